The second-order valence-electron chi connectivity index (χ2n) is 3.95. The number of rotatable bonds is 1. The topological polar surface area (TPSA) is 37.3 Å². The molecule has 0 aromatic rings. The predicted octanol–water partition coefficient (Wildman–Crippen LogP) is 1.62. The van der Waals surface area contributed by atoms with Crippen molar-refractivity contribution in [1.29, 1.82) is 0 Å². The Morgan fingerprint density at radius 2 is 1.92 bits per heavy atom. The Morgan fingerprint density at radius 3 is 2.46 bits per heavy atom. The van der Waals surface area contributed by atoms with Gasteiger partial charge in [0.2, 0.25) is 0 Å². The van der Waals surface area contributed by atoms with Crippen LogP contribution in [-0.4, -0.2) is 11.1 Å². The number of carboxylic acids is 1. The number of allylic oxidation sites excluding steroid dienone is 5. The Bertz CT molecular complexity index is 362. The SMILES string of the molecule is O=C(O)C1=C[C@H]2C=C[C@H]1[C@H]1C=C[C@@H]21. The minimum atomic E-state index is -0.752. The number of aliphatic carboxylic acids is 1. The van der Waals surface area contributed by atoms with Crippen molar-refractivity contribution in [3.05, 3.63) is 36.0 Å². The molecule has 0 aliphatic heterocycles. The first-order chi connectivity index (χ1) is 6.27. The molecule has 2 nitrogen and oxygen atoms in total. The van der Waals surface area contributed by atoms with Crippen molar-refractivity contribution in [3.8, 4) is 0 Å². The van der Waals surface area contributed by atoms with Gasteiger partial charge in [-0.2, -0.15) is 0 Å². The molecule has 0 spiro atoms. The summed E-state index contributed by atoms with van der Waals surface area (Å²) in [6, 6.07) is 0. The fourth-order valence-corrected chi connectivity index (χ4v) is 2.63. The Morgan fingerprint density at radius 1 is 1.15 bits per heavy atom. The zero-order chi connectivity index (χ0) is 9.00. The van der Waals surface area contributed by atoms with Gasteiger partial charge in [-0.3, -0.25) is 0 Å². The highest BCUT2D eigenvalue weighted by atomic mass is 16.4. The van der Waals surface area contributed by atoms with Crippen LogP contribution in [0.4, 0.5) is 0 Å². The van der Waals surface area contributed by atoms with Crippen LogP contribution in [0, 0.1) is 23.7 Å². The number of hydrogen-bond donors (Lipinski definition) is 1. The Hall–Kier alpha value is -1.31. The number of hydrogen-bond acceptors (Lipinski definition) is 1. The van der Waals surface area contributed by atoms with Gasteiger partial charge in [-0.25, -0.2) is 4.79 Å². The van der Waals surface area contributed by atoms with Crippen molar-refractivity contribution in [2.24, 2.45) is 23.7 Å². The summed E-state index contributed by atoms with van der Waals surface area (Å²) in [5, 5.41) is 8.96. The van der Waals surface area contributed by atoms with Crippen LogP contribution in [0.15, 0.2) is 36.0 Å². The molecule has 13 heavy (non-hydrogen) atoms. The summed E-state index contributed by atoms with van der Waals surface area (Å²) in [5.74, 6) is 0.769. The van der Waals surface area contributed by atoms with Crippen molar-refractivity contribution < 1.29 is 9.90 Å². The Labute approximate surface area is 76.3 Å². The molecule has 0 saturated heterocycles. The Balaban J connectivity index is 2.05. The van der Waals surface area contributed by atoms with Crippen molar-refractivity contribution in [1.82, 2.24) is 0 Å². The van der Waals surface area contributed by atoms with Gasteiger partial charge >= 0.3 is 5.97 Å². The lowest BCUT2D eigenvalue weighted by Gasteiger charge is -2.45. The molecule has 1 N–H and O–H groups in total. The van der Waals surface area contributed by atoms with Crippen LogP contribution in [0.3, 0.4) is 0 Å². The molecule has 4 rings (SSSR count). The highest BCUT2D eigenvalue weighted by molar-refractivity contribution is 5.88. The maximum atomic E-state index is 10.9. The average Bonchev–Trinajstić information content (AvgIpc) is 2.03. The lowest BCUT2D eigenvalue weighted by Crippen LogP contribution is -2.40. The summed E-state index contributed by atoms with van der Waals surface area (Å²) in [6.07, 6.45) is 10.4. The summed E-state index contributed by atoms with van der Waals surface area (Å²) in [7, 11) is 0. The van der Waals surface area contributed by atoms with E-state index in [1.54, 1.807) is 0 Å². The molecule has 0 unspecified atom stereocenters. The van der Waals surface area contributed by atoms with Crippen molar-refractivity contribution in [3.63, 3.8) is 0 Å². The first kappa shape index (κ1) is 7.13. The quantitative estimate of drug-likeness (QED) is 0.613. The van der Waals surface area contributed by atoms with Crippen LogP contribution >= 0.6 is 0 Å². The van der Waals surface area contributed by atoms with Gasteiger partial charge in [-0.05, 0) is 11.8 Å². The van der Waals surface area contributed by atoms with Gasteiger partial charge in [-0.15, -0.1) is 0 Å². The second kappa shape index (κ2) is 2.13. The summed E-state index contributed by atoms with van der Waals surface area (Å²) in [4.78, 5) is 10.9. The summed E-state index contributed by atoms with van der Waals surface area (Å²) in [5.41, 5.74) is 0.595. The normalized spacial score (nSPS) is 43.8. The Kier molecular flexibility index (Phi) is 1.17. The third-order valence-corrected chi connectivity index (χ3v) is 3.38. The summed E-state index contributed by atoms with van der Waals surface area (Å²) >= 11 is 0. The van der Waals surface area contributed by atoms with Crippen molar-refractivity contribution in [2.45, 2.75) is 0 Å². The van der Waals surface area contributed by atoms with E-state index < -0.39 is 5.97 Å². The van der Waals surface area contributed by atoms with Gasteiger partial charge in [0.25, 0.3) is 0 Å². The van der Waals surface area contributed by atoms with Crippen molar-refractivity contribution in [2.75, 3.05) is 0 Å². The van der Waals surface area contributed by atoms with Crippen LogP contribution < -0.4 is 0 Å². The molecule has 0 heterocycles. The van der Waals surface area contributed by atoms with Crippen LogP contribution in [0.25, 0.3) is 0 Å². The number of carboxylic acid groups (broad SMARTS) is 1. The largest absolute Gasteiger partial charge is 0.478 e. The molecule has 4 aliphatic carbocycles. The molecule has 66 valence electrons. The third kappa shape index (κ3) is 0.755. The zero-order valence-corrected chi connectivity index (χ0v) is 7.05. The van der Waals surface area contributed by atoms with E-state index in [0.29, 0.717) is 23.3 Å². The van der Waals surface area contributed by atoms with E-state index >= 15 is 0 Å². The van der Waals surface area contributed by atoms with Crippen LogP contribution in [0.1, 0.15) is 0 Å². The molecule has 0 aromatic heterocycles. The van der Waals surface area contributed by atoms with Gasteiger partial charge < -0.3 is 5.11 Å². The fraction of sp³-hybridized carbons (Fsp3) is 0.364. The third-order valence-electron chi connectivity index (χ3n) is 3.38. The highest BCUT2D eigenvalue weighted by Crippen LogP contribution is 2.49. The minimum absolute atomic E-state index is 0.137. The molecule has 0 aromatic carbocycles. The van der Waals surface area contributed by atoms with Crippen LogP contribution in [0.2, 0.25) is 0 Å². The average molecular weight is 174 g/mol. The maximum absolute atomic E-state index is 10.9. The van der Waals surface area contributed by atoms with Gasteiger partial charge in [0.1, 0.15) is 0 Å². The first-order valence-corrected chi connectivity index (χ1v) is 4.59. The predicted molar refractivity (Wildman–Crippen MR) is 48.0 cm³/mol. The van der Waals surface area contributed by atoms with E-state index in [1.165, 1.54) is 0 Å². The van der Waals surface area contributed by atoms with Gasteiger partial charge in [-0.1, -0.05) is 30.4 Å². The standard InChI is InChI=1S/C11H10O2/c12-11(13)10-5-6-1-2-9(10)8-4-3-7(6)8/h1-9H,(H,12,13)/t6-,7+,8+,9+/m1/s1. The van der Waals surface area contributed by atoms with E-state index in [9.17, 15) is 4.79 Å². The van der Waals surface area contributed by atoms with Crippen LogP contribution in [-0.2, 0) is 4.79 Å². The maximum Gasteiger partial charge on any atom is 0.331 e. The summed E-state index contributed by atoms with van der Waals surface area (Å²) < 4.78 is 0. The van der Waals surface area contributed by atoms with Gasteiger partial charge in [0, 0.05) is 17.4 Å². The lowest BCUT2D eigenvalue weighted by atomic mass is 9.58. The van der Waals surface area contributed by atoms with Gasteiger partial charge in [0.15, 0.2) is 0 Å². The van der Waals surface area contributed by atoms with E-state index in [2.05, 4.69) is 24.3 Å². The second-order valence-corrected chi connectivity index (χ2v) is 3.95. The summed E-state index contributed by atoms with van der Waals surface area (Å²) in [6.45, 7) is 0. The van der Waals surface area contributed by atoms with Crippen molar-refractivity contribution >= 4 is 5.97 Å². The minimum Gasteiger partial charge on any atom is -0.478 e. The highest BCUT2D eigenvalue weighted by Gasteiger charge is 2.44. The molecule has 0 fully saturated rings. The van der Waals surface area contributed by atoms with E-state index in [0.717, 1.165) is 0 Å². The molecular weight excluding hydrogens is 164 g/mol. The van der Waals surface area contributed by atoms with E-state index in [4.69, 9.17) is 5.11 Å². The molecule has 0 amide bonds. The van der Waals surface area contributed by atoms with Crippen LogP contribution in [0.5, 0.6) is 0 Å². The van der Waals surface area contributed by atoms with E-state index in [-0.39, 0.29) is 5.92 Å². The van der Waals surface area contributed by atoms with E-state index in [1.807, 2.05) is 6.08 Å². The molecule has 0 saturated carbocycles. The number of carbonyl (C=O) groups is 1. The van der Waals surface area contributed by atoms with Gasteiger partial charge in [0.05, 0.1) is 0 Å². The molecule has 4 aliphatic rings. The first-order valence-electron chi connectivity index (χ1n) is 4.59. The smallest absolute Gasteiger partial charge is 0.331 e. The molecule has 2 heteroatoms. The lowest BCUT2D eigenvalue weighted by molar-refractivity contribution is -0.133. The molecule has 0 radical (unpaired) electrons. The molecule has 4 atom stereocenters. The zero-order valence-electron chi connectivity index (χ0n) is 7.05. The molecular formula is C11H10O2. The monoisotopic (exact) mass is 174 g/mol. The molecule has 2 bridgehead atoms. The fourth-order valence-electron chi connectivity index (χ4n) is 2.63.